The van der Waals surface area contributed by atoms with Crippen molar-refractivity contribution in [3.63, 3.8) is 0 Å². The normalized spacial score (nSPS) is 10.6. The first-order valence-electron chi connectivity index (χ1n) is 6.53. The summed E-state index contributed by atoms with van der Waals surface area (Å²) >= 11 is 0. The van der Waals surface area contributed by atoms with E-state index in [9.17, 15) is 4.79 Å². The highest BCUT2D eigenvalue weighted by atomic mass is 16.5. The van der Waals surface area contributed by atoms with Gasteiger partial charge in [-0.2, -0.15) is 5.10 Å². The Morgan fingerprint density at radius 2 is 2.15 bits per heavy atom. The minimum absolute atomic E-state index is 0.532. The van der Waals surface area contributed by atoms with E-state index in [1.165, 1.54) is 6.21 Å². The van der Waals surface area contributed by atoms with Crippen LogP contribution in [0.15, 0.2) is 23.3 Å². The van der Waals surface area contributed by atoms with Crippen molar-refractivity contribution in [2.45, 2.75) is 20.3 Å². The number of carbonyl (C=O) groups excluding carboxylic acids is 1. The summed E-state index contributed by atoms with van der Waals surface area (Å²) in [7, 11) is 0. The molecule has 20 heavy (non-hydrogen) atoms. The fraction of sp³-hybridized carbons (Fsp3) is 0.429. The molecule has 0 spiro atoms. The minimum atomic E-state index is -0.592. The van der Waals surface area contributed by atoms with Gasteiger partial charge in [-0.3, -0.25) is 4.79 Å². The Hall–Kier alpha value is -2.08. The highest BCUT2D eigenvalue weighted by Gasteiger charge is 2.05. The zero-order valence-electron chi connectivity index (χ0n) is 11.8. The van der Waals surface area contributed by atoms with E-state index in [1.54, 1.807) is 12.1 Å². The Morgan fingerprint density at radius 3 is 2.80 bits per heavy atom. The van der Waals surface area contributed by atoms with Crippen molar-refractivity contribution in [3.8, 4) is 11.5 Å². The maximum Gasteiger partial charge on any atom is 0.265 e. The molecule has 0 radical (unpaired) electrons. The van der Waals surface area contributed by atoms with Gasteiger partial charge in [0.15, 0.2) is 11.5 Å². The monoisotopic (exact) mass is 280 g/mol. The van der Waals surface area contributed by atoms with E-state index in [1.807, 2.05) is 19.9 Å². The number of aliphatic hydroxyl groups excluding tert-OH is 1. The molecule has 6 heteroatoms. The highest BCUT2D eigenvalue weighted by Crippen LogP contribution is 2.28. The van der Waals surface area contributed by atoms with Gasteiger partial charge in [-0.25, -0.2) is 5.43 Å². The second-order valence-corrected chi connectivity index (χ2v) is 3.94. The van der Waals surface area contributed by atoms with Gasteiger partial charge >= 0.3 is 0 Å². The van der Waals surface area contributed by atoms with Crippen molar-refractivity contribution in [3.05, 3.63) is 23.8 Å². The van der Waals surface area contributed by atoms with E-state index in [4.69, 9.17) is 14.6 Å². The van der Waals surface area contributed by atoms with E-state index in [0.717, 1.165) is 12.0 Å². The summed E-state index contributed by atoms with van der Waals surface area (Å²) < 4.78 is 11.1. The van der Waals surface area contributed by atoms with Crippen LogP contribution in [-0.2, 0) is 4.79 Å². The molecular weight excluding hydrogens is 260 g/mol. The molecule has 0 atom stereocenters. The smallest absolute Gasteiger partial charge is 0.265 e. The number of hydrogen-bond donors (Lipinski definition) is 2. The third kappa shape index (κ3) is 5.27. The van der Waals surface area contributed by atoms with Crippen LogP contribution < -0.4 is 14.9 Å². The third-order valence-electron chi connectivity index (χ3n) is 2.28. The van der Waals surface area contributed by atoms with Crippen LogP contribution in [0.3, 0.4) is 0 Å². The van der Waals surface area contributed by atoms with Crippen LogP contribution >= 0.6 is 0 Å². The number of nitrogens with zero attached hydrogens (tertiary/aromatic N) is 1. The molecule has 0 saturated heterocycles. The lowest BCUT2D eigenvalue weighted by molar-refractivity contribution is -0.123. The average Bonchev–Trinajstić information content (AvgIpc) is 2.46. The third-order valence-corrected chi connectivity index (χ3v) is 2.28. The molecule has 0 bridgehead atoms. The number of hydrazone groups is 1. The number of amides is 1. The van der Waals surface area contributed by atoms with Gasteiger partial charge in [0.05, 0.1) is 19.4 Å². The van der Waals surface area contributed by atoms with E-state index in [0.29, 0.717) is 24.7 Å². The van der Waals surface area contributed by atoms with Crippen molar-refractivity contribution in [2.75, 3.05) is 19.8 Å². The fourth-order valence-corrected chi connectivity index (χ4v) is 1.42. The predicted molar refractivity (Wildman–Crippen MR) is 76.2 cm³/mol. The molecular formula is C14H20N2O4. The fourth-order valence-electron chi connectivity index (χ4n) is 1.42. The number of aliphatic hydroxyl groups is 1. The van der Waals surface area contributed by atoms with E-state index < -0.39 is 12.5 Å². The van der Waals surface area contributed by atoms with Crippen LogP contribution in [-0.4, -0.2) is 37.0 Å². The van der Waals surface area contributed by atoms with E-state index in [-0.39, 0.29) is 0 Å². The van der Waals surface area contributed by atoms with Gasteiger partial charge in [0.25, 0.3) is 5.91 Å². The number of rotatable bonds is 8. The molecule has 0 saturated carbocycles. The molecule has 0 unspecified atom stereocenters. The number of carbonyl (C=O) groups is 1. The Kier molecular flexibility index (Phi) is 7.13. The van der Waals surface area contributed by atoms with Gasteiger partial charge in [0.1, 0.15) is 6.61 Å². The van der Waals surface area contributed by atoms with Crippen LogP contribution in [0.1, 0.15) is 25.8 Å². The maximum absolute atomic E-state index is 10.8. The summed E-state index contributed by atoms with van der Waals surface area (Å²) in [6.45, 7) is 4.49. The number of nitrogens with one attached hydrogen (secondary N) is 1. The predicted octanol–water partition coefficient (Wildman–Crippen LogP) is 1.32. The first kappa shape index (κ1) is 16.0. The summed E-state index contributed by atoms with van der Waals surface area (Å²) in [6.07, 6.45) is 2.39. The summed E-state index contributed by atoms with van der Waals surface area (Å²) in [6, 6.07) is 5.39. The molecule has 0 heterocycles. The maximum atomic E-state index is 10.8. The Balaban J connectivity index is 2.78. The lowest BCUT2D eigenvalue weighted by Crippen LogP contribution is -2.20. The Labute approximate surface area is 118 Å². The van der Waals surface area contributed by atoms with Gasteiger partial charge in [0, 0.05) is 0 Å². The lowest BCUT2D eigenvalue weighted by Gasteiger charge is -2.11. The molecule has 0 aromatic heterocycles. The van der Waals surface area contributed by atoms with Crippen molar-refractivity contribution in [1.82, 2.24) is 5.43 Å². The molecule has 1 aromatic rings. The molecule has 0 aliphatic rings. The van der Waals surface area contributed by atoms with Crippen molar-refractivity contribution in [2.24, 2.45) is 5.10 Å². The quantitative estimate of drug-likeness (QED) is 0.556. The van der Waals surface area contributed by atoms with Gasteiger partial charge in [-0.05, 0) is 37.1 Å². The summed E-state index contributed by atoms with van der Waals surface area (Å²) in [5.41, 5.74) is 2.95. The van der Waals surface area contributed by atoms with Gasteiger partial charge in [0.2, 0.25) is 0 Å². The molecule has 1 amide bonds. The second-order valence-electron chi connectivity index (χ2n) is 3.94. The molecule has 110 valence electrons. The largest absolute Gasteiger partial charge is 0.490 e. The zero-order chi connectivity index (χ0) is 14.8. The summed E-state index contributed by atoms with van der Waals surface area (Å²) in [5.74, 6) is 0.762. The Morgan fingerprint density at radius 1 is 1.35 bits per heavy atom. The van der Waals surface area contributed by atoms with Crippen LogP contribution in [0.4, 0.5) is 0 Å². The van der Waals surface area contributed by atoms with Crippen molar-refractivity contribution in [1.29, 1.82) is 0 Å². The number of ether oxygens (including phenoxy) is 2. The SMILES string of the molecule is CCCOc1ccc(/C=N\NC(=O)CO)cc1OCC. The van der Waals surface area contributed by atoms with E-state index in [2.05, 4.69) is 10.5 Å². The number of hydrogen-bond acceptors (Lipinski definition) is 5. The van der Waals surface area contributed by atoms with Crippen molar-refractivity contribution >= 4 is 12.1 Å². The van der Waals surface area contributed by atoms with Crippen molar-refractivity contribution < 1.29 is 19.4 Å². The van der Waals surface area contributed by atoms with Crippen LogP contribution in [0.5, 0.6) is 11.5 Å². The minimum Gasteiger partial charge on any atom is -0.490 e. The van der Waals surface area contributed by atoms with Gasteiger partial charge in [-0.1, -0.05) is 6.92 Å². The number of benzene rings is 1. The topological polar surface area (TPSA) is 80.2 Å². The standard InChI is InChI=1S/C14H20N2O4/c1-3-7-20-12-6-5-11(8-13(12)19-4-2)9-15-16-14(18)10-17/h5-6,8-9,17H,3-4,7,10H2,1-2H3,(H,16,18)/b15-9-. The first-order chi connectivity index (χ1) is 9.71. The van der Waals surface area contributed by atoms with Crippen LogP contribution in [0.2, 0.25) is 0 Å². The van der Waals surface area contributed by atoms with E-state index >= 15 is 0 Å². The molecule has 0 aliphatic heterocycles. The van der Waals surface area contributed by atoms with Gasteiger partial charge < -0.3 is 14.6 Å². The highest BCUT2D eigenvalue weighted by molar-refractivity contribution is 5.83. The molecule has 1 rings (SSSR count). The molecule has 0 fully saturated rings. The summed E-state index contributed by atoms with van der Waals surface area (Å²) in [4.78, 5) is 10.8. The molecule has 0 aliphatic carbocycles. The zero-order valence-corrected chi connectivity index (χ0v) is 11.8. The van der Waals surface area contributed by atoms with Crippen LogP contribution in [0.25, 0.3) is 0 Å². The summed E-state index contributed by atoms with van der Waals surface area (Å²) in [5, 5.41) is 12.3. The molecule has 1 aromatic carbocycles. The van der Waals surface area contributed by atoms with Crippen LogP contribution in [0, 0.1) is 0 Å². The van der Waals surface area contributed by atoms with Gasteiger partial charge in [-0.15, -0.1) is 0 Å². The molecule has 6 nitrogen and oxygen atoms in total. The second kappa shape index (κ2) is 8.92. The lowest BCUT2D eigenvalue weighted by atomic mass is 10.2. The average molecular weight is 280 g/mol. The first-order valence-corrected chi connectivity index (χ1v) is 6.53. The molecule has 2 N–H and O–H groups in total. The Bertz CT molecular complexity index is 460.